The lowest BCUT2D eigenvalue weighted by Crippen LogP contribution is -2.44. The van der Waals surface area contributed by atoms with Crippen LogP contribution in [-0.4, -0.2) is 52.7 Å². The monoisotopic (exact) mass is 338 g/mol. The molecule has 0 rings (SSSR count). The fourth-order valence-corrected chi connectivity index (χ4v) is 2.32. The lowest BCUT2D eigenvalue weighted by molar-refractivity contribution is -0.121. The molecule has 120 valence electrons. The van der Waals surface area contributed by atoms with Crippen LogP contribution in [-0.2, 0) is 29.3 Å². The standard InChI is InChI=1S/C11H18N2O6S2/c1-4-20(16,17)7-10(14)12-6-9(3)13-11(15)8-21(18,19)5-2/h4-5,9H,1-2,6-8H2,3H3,(H,12,14)(H,13,15). The highest BCUT2D eigenvalue weighted by Gasteiger charge is 2.16. The molecule has 0 fully saturated rings. The van der Waals surface area contributed by atoms with Crippen LogP contribution in [0.25, 0.3) is 0 Å². The van der Waals surface area contributed by atoms with Gasteiger partial charge in [-0.2, -0.15) is 0 Å². The Bertz CT molecular complexity index is 621. The van der Waals surface area contributed by atoms with Gasteiger partial charge in [-0.15, -0.1) is 0 Å². The van der Waals surface area contributed by atoms with Gasteiger partial charge in [-0.3, -0.25) is 9.59 Å². The zero-order valence-electron chi connectivity index (χ0n) is 11.5. The van der Waals surface area contributed by atoms with Crippen molar-refractivity contribution in [3.63, 3.8) is 0 Å². The number of sulfone groups is 2. The predicted octanol–water partition coefficient (Wildman–Crippen LogP) is -1.28. The van der Waals surface area contributed by atoms with Crippen LogP contribution in [0.5, 0.6) is 0 Å². The fourth-order valence-electron chi connectivity index (χ4n) is 1.17. The van der Waals surface area contributed by atoms with E-state index in [0.29, 0.717) is 10.8 Å². The van der Waals surface area contributed by atoms with Crippen LogP contribution in [0.3, 0.4) is 0 Å². The number of carbonyl (C=O) groups excluding carboxylic acids is 2. The smallest absolute Gasteiger partial charge is 0.235 e. The summed E-state index contributed by atoms with van der Waals surface area (Å²) in [5.41, 5.74) is 0. The summed E-state index contributed by atoms with van der Waals surface area (Å²) < 4.78 is 44.4. The SMILES string of the molecule is C=CS(=O)(=O)CC(=O)NCC(C)NC(=O)CS(=O)(=O)C=C. The van der Waals surface area contributed by atoms with Crippen molar-refractivity contribution in [2.75, 3.05) is 18.1 Å². The molecule has 0 spiro atoms. The van der Waals surface area contributed by atoms with Crippen molar-refractivity contribution in [3.05, 3.63) is 24.0 Å². The summed E-state index contributed by atoms with van der Waals surface area (Å²) in [6, 6.07) is -0.562. The van der Waals surface area contributed by atoms with Gasteiger partial charge in [0.25, 0.3) is 0 Å². The zero-order chi connectivity index (χ0) is 16.7. The Balaban J connectivity index is 4.25. The van der Waals surface area contributed by atoms with E-state index in [0.717, 1.165) is 0 Å². The van der Waals surface area contributed by atoms with Gasteiger partial charge in [0.15, 0.2) is 19.7 Å². The first-order valence-corrected chi connectivity index (χ1v) is 9.21. The molecule has 2 N–H and O–H groups in total. The third-order valence-corrected chi connectivity index (χ3v) is 4.53. The molecule has 0 heterocycles. The van der Waals surface area contributed by atoms with Crippen LogP contribution in [0.1, 0.15) is 6.92 Å². The van der Waals surface area contributed by atoms with Crippen molar-refractivity contribution >= 4 is 31.5 Å². The van der Waals surface area contributed by atoms with Crippen LogP contribution >= 0.6 is 0 Å². The van der Waals surface area contributed by atoms with Crippen molar-refractivity contribution in [1.82, 2.24) is 10.6 Å². The second kappa shape index (κ2) is 7.93. The van der Waals surface area contributed by atoms with E-state index in [9.17, 15) is 26.4 Å². The minimum Gasteiger partial charge on any atom is -0.353 e. The van der Waals surface area contributed by atoms with Crippen molar-refractivity contribution in [3.8, 4) is 0 Å². The molecular formula is C11H18N2O6S2. The van der Waals surface area contributed by atoms with Crippen LogP contribution in [0.4, 0.5) is 0 Å². The average Bonchev–Trinajstić information content (AvgIpc) is 2.35. The highest BCUT2D eigenvalue weighted by atomic mass is 32.2. The van der Waals surface area contributed by atoms with E-state index < -0.39 is 49.0 Å². The van der Waals surface area contributed by atoms with Crippen LogP contribution < -0.4 is 10.6 Å². The summed E-state index contributed by atoms with van der Waals surface area (Å²) in [4.78, 5) is 22.7. The van der Waals surface area contributed by atoms with Crippen molar-refractivity contribution in [2.45, 2.75) is 13.0 Å². The number of hydrogen-bond acceptors (Lipinski definition) is 6. The Hall–Kier alpha value is -1.68. The number of rotatable bonds is 9. The quantitative estimate of drug-likeness (QED) is 0.539. The summed E-state index contributed by atoms with van der Waals surface area (Å²) in [5, 5.41) is 6.02. The molecule has 2 amide bonds. The zero-order valence-corrected chi connectivity index (χ0v) is 13.2. The van der Waals surface area contributed by atoms with E-state index >= 15 is 0 Å². The second-order valence-corrected chi connectivity index (χ2v) is 8.12. The molecule has 0 aromatic rings. The van der Waals surface area contributed by atoms with Gasteiger partial charge >= 0.3 is 0 Å². The molecule has 0 radical (unpaired) electrons. The molecule has 21 heavy (non-hydrogen) atoms. The first kappa shape index (κ1) is 19.3. The number of carbonyl (C=O) groups is 2. The van der Waals surface area contributed by atoms with E-state index in [4.69, 9.17) is 0 Å². The highest BCUT2D eigenvalue weighted by Crippen LogP contribution is 1.92. The van der Waals surface area contributed by atoms with Gasteiger partial charge in [0.2, 0.25) is 11.8 Å². The summed E-state index contributed by atoms with van der Waals surface area (Å²) in [6.07, 6.45) is 0. The topological polar surface area (TPSA) is 126 Å². The van der Waals surface area contributed by atoms with Gasteiger partial charge < -0.3 is 10.6 Å². The van der Waals surface area contributed by atoms with Gasteiger partial charge in [-0.1, -0.05) is 13.2 Å². The molecule has 0 aliphatic carbocycles. The number of nitrogens with one attached hydrogen (secondary N) is 2. The van der Waals surface area contributed by atoms with Crippen molar-refractivity contribution in [1.29, 1.82) is 0 Å². The Morgan fingerprint density at radius 1 is 1.00 bits per heavy atom. The van der Waals surface area contributed by atoms with E-state index in [1.165, 1.54) is 6.92 Å². The normalized spacial score (nSPS) is 13.0. The second-order valence-electron chi connectivity index (χ2n) is 4.22. The lowest BCUT2D eigenvalue weighted by Gasteiger charge is -2.14. The first-order valence-electron chi connectivity index (χ1n) is 5.78. The third kappa shape index (κ3) is 8.97. The molecule has 0 saturated carbocycles. The molecule has 10 heteroatoms. The van der Waals surface area contributed by atoms with Gasteiger partial charge in [0.05, 0.1) is 0 Å². The Labute approximate surface area is 124 Å². The van der Waals surface area contributed by atoms with E-state index in [-0.39, 0.29) is 6.54 Å². The summed E-state index contributed by atoms with van der Waals surface area (Å²) in [5.74, 6) is -2.95. The fraction of sp³-hybridized carbons (Fsp3) is 0.455. The first-order chi connectivity index (χ1) is 9.51. The maximum Gasteiger partial charge on any atom is 0.235 e. The predicted molar refractivity (Wildman–Crippen MR) is 78.6 cm³/mol. The highest BCUT2D eigenvalue weighted by molar-refractivity contribution is 7.95. The molecular weight excluding hydrogens is 320 g/mol. The Kier molecular flexibility index (Phi) is 7.30. The maximum absolute atomic E-state index is 11.4. The molecule has 0 bridgehead atoms. The molecule has 8 nitrogen and oxygen atoms in total. The Morgan fingerprint density at radius 3 is 1.86 bits per heavy atom. The van der Waals surface area contributed by atoms with Crippen molar-refractivity contribution in [2.24, 2.45) is 0 Å². The van der Waals surface area contributed by atoms with Crippen molar-refractivity contribution < 1.29 is 26.4 Å². The van der Waals surface area contributed by atoms with Crippen LogP contribution in [0.15, 0.2) is 24.0 Å². The molecule has 0 aliphatic heterocycles. The van der Waals surface area contributed by atoms with Gasteiger partial charge in [-0.25, -0.2) is 16.8 Å². The van der Waals surface area contributed by atoms with Crippen LogP contribution in [0, 0.1) is 0 Å². The number of hydrogen-bond donors (Lipinski definition) is 2. The molecule has 0 saturated heterocycles. The van der Waals surface area contributed by atoms with E-state index in [1.54, 1.807) is 0 Å². The Morgan fingerprint density at radius 2 is 1.43 bits per heavy atom. The summed E-state index contributed by atoms with van der Waals surface area (Å²) in [7, 11) is -7.29. The molecule has 0 aromatic carbocycles. The van der Waals surface area contributed by atoms with Gasteiger partial charge in [-0.05, 0) is 6.92 Å². The van der Waals surface area contributed by atoms with Gasteiger partial charge in [0, 0.05) is 23.4 Å². The van der Waals surface area contributed by atoms with E-state index in [1.807, 2.05) is 0 Å². The summed E-state index contributed by atoms with van der Waals surface area (Å²) in [6.45, 7) is 7.64. The number of amides is 2. The van der Waals surface area contributed by atoms with Gasteiger partial charge in [0.1, 0.15) is 11.5 Å². The maximum atomic E-state index is 11.4. The third-order valence-electron chi connectivity index (χ3n) is 2.19. The molecule has 0 aliphatic rings. The summed E-state index contributed by atoms with van der Waals surface area (Å²) >= 11 is 0. The lowest BCUT2D eigenvalue weighted by atomic mass is 10.3. The van der Waals surface area contributed by atoms with Crippen LogP contribution in [0.2, 0.25) is 0 Å². The van der Waals surface area contributed by atoms with E-state index in [2.05, 4.69) is 23.8 Å². The molecule has 1 atom stereocenters. The minimum absolute atomic E-state index is 0.0363. The minimum atomic E-state index is -3.65. The average molecular weight is 338 g/mol. The molecule has 0 aromatic heterocycles. The largest absolute Gasteiger partial charge is 0.353 e. The molecule has 1 unspecified atom stereocenters.